The van der Waals surface area contributed by atoms with Crippen molar-refractivity contribution in [2.45, 2.75) is 25.3 Å². The van der Waals surface area contributed by atoms with E-state index in [4.69, 9.17) is 16.3 Å². The van der Waals surface area contributed by atoms with E-state index in [9.17, 15) is 10.2 Å². The summed E-state index contributed by atoms with van der Waals surface area (Å²) in [7, 11) is 0. The van der Waals surface area contributed by atoms with E-state index in [1.807, 2.05) is 36.4 Å². The summed E-state index contributed by atoms with van der Waals surface area (Å²) in [4.78, 5) is 4.66. The fourth-order valence-electron chi connectivity index (χ4n) is 3.97. The lowest BCUT2D eigenvalue weighted by atomic mass is 10.1. The fraction of sp³-hybridized carbons (Fsp3) is 0.391. The van der Waals surface area contributed by atoms with Crippen LogP contribution in [0.5, 0.6) is 5.75 Å². The summed E-state index contributed by atoms with van der Waals surface area (Å²) >= 11 is 5.99. The molecule has 0 aromatic heterocycles. The van der Waals surface area contributed by atoms with Crippen LogP contribution in [0.4, 0.5) is 11.4 Å². The zero-order valence-corrected chi connectivity index (χ0v) is 17.8. The lowest BCUT2D eigenvalue weighted by Gasteiger charge is -2.41. The fourth-order valence-corrected chi connectivity index (χ4v) is 4.10. The SMILES string of the molecule is C[C@@H]1CN(c2ccc(Cl)cc2)CCN1C[C@H](O)COc1ccc2c(c1)C=CC(O)N2. The number of piperazine rings is 1. The lowest BCUT2D eigenvalue weighted by molar-refractivity contribution is 0.0512. The molecule has 2 aromatic rings. The van der Waals surface area contributed by atoms with Gasteiger partial charge in [0.25, 0.3) is 0 Å². The highest BCUT2D eigenvalue weighted by molar-refractivity contribution is 6.30. The predicted octanol–water partition coefficient (Wildman–Crippen LogP) is 3.05. The van der Waals surface area contributed by atoms with E-state index in [0.717, 1.165) is 35.9 Å². The maximum atomic E-state index is 10.5. The van der Waals surface area contributed by atoms with Gasteiger partial charge in [0, 0.05) is 54.2 Å². The maximum Gasteiger partial charge on any atom is 0.144 e. The second-order valence-electron chi connectivity index (χ2n) is 7.93. The van der Waals surface area contributed by atoms with Crippen LogP contribution >= 0.6 is 11.6 Å². The topological polar surface area (TPSA) is 68.2 Å². The molecule has 0 aliphatic carbocycles. The monoisotopic (exact) mass is 429 g/mol. The van der Waals surface area contributed by atoms with Gasteiger partial charge in [-0.15, -0.1) is 0 Å². The molecule has 4 rings (SSSR count). The second kappa shape index (κ2) is 9.27. The molecular weight excluding hydrogens is 402 g/mol. The maximum absolute atomic E-state index is 10.5. The number of hydrogen-bond acceptors (Lipinski definition) is 6. The Bertz CT molecular complexity index is 890. The molecule has 160 valence electrons. The van der Waals surface area contributed by atoms with Gasteiger partial charge in [-0.3, -0.25) is 4.90 Å². The van der Waals surface area contributed by atoms with Gasteiger partial charge in [-0.25, -0.2) is 0 Å². The minimum Gasteiger partial charge on any atom is -0.491 e. The first-order chi connectivity index (χ1) is 14.5. The minimum atomic E-state index is -0.659. The molecule has 1 saturated heterocycles. The highest BCUT2D eigenvalue weighted by Gasteiger charge is 2.25. The van der Waals surface area contributed by atoms with E-state index < -0.39 is 12.3 Å². The molecule has 2 aliphatic heterocycles. The van der Waals surface area contributed by atoms with Crippen molar-refractivity contribution in [1.29, 1.82) is 0 Å². The van der Waals surface area contributed by atoms with Crippen molar-refractivity contribution in [2.24, 2.45) is 0 Å². The van der Waals surface area contributed by atoms with Gasteiger partial charge in [0.05, 0.1) is 0 Å². The van der Waals surface area contributed by atoms with Crippen molar-refractivity contribution >= 4 is 29.1 Å². The molecular formula is C23H28ClN3O3. The van der Waals surface area contributed by atoms with Gasteiger partial charge in [-0.2, -0.15) is 0 Å². The Kier molecular flexibility index (Phi) is 6.49. The first-order valence-corrected chi connectivity index (χ1v) is 10.7. The number of nitrogens with zero attached hydrogens (tertiary/aromatic N) is 2. The van der Waals surface area contributed by atoms with Crippen LogP contribution in [-0.4, -0.2) is 66.3 Å². The van der Waals surface area contributed by atoms with Crippen molar-refractivity contribution < 1.29 is 14.9 Å². The van der Waals surface area contributed by atoms with Crippen LogP contribution in [-0.2, 0) is 0 Å². The van der Waals surface area contributed by atoms with E-state index in [-0.39, 0.29) is 6.61 Å². The van der Waals surface area contributed by atoms with E-state index in [1.165, 1.54) is 5.69 Å². The number of nitrogens with one attached hydrogen (secondary N) is 1. The van der Waals surface area contributed by atoms with Gasteiger partial charge < -0.3 is 25.2 Å². The summed E-state index contributed by atoms with van der Waals surface area (Å²) in [5.41, 5.74) is 3.00. The van der Waals surface area contributed by atoms with Crippen molar-refractivity contribution in [2.75, 3.05) is 43.0 Å². The van der Waals surface area contributed by atoms with Gasteiger partial charge in [-0.05, 0) is 55.5 Å². The van der Waals surface area contributed by atoms with Crippen molar-refractivity contribution in [3.05, 3.63) is 59.1 Å². The van der Waals surface area contributed by atoms with Crippen molar-refractivity contribution in [3.8, 4) is 5.75 Å². The summed E-state index contributed by atoms with van der Waals surface area (Å²) < 4.78 is 5.82. The third-order valence-electron chi connectivity index (χ3n) is 5.63. The molecule has 7 heteroatoms. The van der Waals surface area contributed by atoms with Gasteiger partial charge in [0.1, 0.15) is 24.7 Å². The van der Waals surface area contributed by atoms with E-state index in [1.54, 1.807) is 6.08 Å². The number of ether oxygens (including phenoxy) is 1. The van der Waals surface area contributed by atoms with Crippen LogP contribution in [0.2, 0.25) is 5.02 Å². The molecule has 3 N–H and O–H groups in total. The molecule has 2 heterocycles. The summed E-state index contributed by atoms with van der Waals surface area (Å²) in [5.74, 6) is 0.705. The molecule has 3 atom stereocenters. The predicted molar refractivity (Wildman–Crippen MR) is 121 cm³/mol. The molecule has 1 fully saturated rings. The number of fused-ring (bicyclic) bond motifs is 1. The first kappa shape index (κ1) is 21.0. The molecule has 0 radical (unpaired) electrons. The van der Waals surface area contributed by atoms with Crippen molar-refractivity contribution in [3.63, 3.8) is 0 Å². The molecule has 2 aromatic carbocycles. The minimum absolute atomic E-state index is 0.239. The van der Waals surface area contributed by atoms with Gasteiger partial charge >= 0.3 is 0 Å². The Morgan fingerprint density at radius 1 is 1.20 bits per heavy atom. The van der Waals surface area contributed by atoms with E-state index in [0.29, 0.717) is 18.3 Å². The zero-order chi connectivity index (χ0) is 21.1. The molecule has 0 bridgehead atoms. The van der Waals surface area contributed by atoms with Gasteiger partial charge in [0.2, 0.25) is 0 Å². The Balaban J connectivity index is 1.26. The van der Waals surface area contributed by atoms with E-state index >= 15 is 0 Å². The number of aliphatic hydroxyl groups is 2. The van der Waals surface area contributed by atoms with Crippen LogP contribution in [0.1, 0.15) is 12.5 Å². The average molecular weight is 430 g/mol. The second-order valence-corrected chi connectivity index (χ2v) is 8.37. The van der Waals surface area contributed by atoms with Crippen molar-refractivity contribution in [1.82, 2.24) is 4.90 Å². The number of β-amino-alcohol motifs (C(OH)–C–C–N with tert-alkyl or cyclic N) is 1. The highest BCUT2D eigenvalue weighted by atomic mass is 35.5. The summed E-state index contributed by atoms with van der Waals surface area (Å²) in [6, 6.07) is 13.9. The van der Waals surface area contributed by atoms with Crippen LogP contribution in [0.3, 0.4) is 0 Å². The molecule has 0 amide bonds. The summed E-state index contributed by atoms with van der Waals surface area (Å²) in [5, 5.41) is 23.8. The van der Waals surface area contributed by atoms with Crippen LogP contribution in [0.25, 0.3) is 6.08 Å². The molecule has 0 saturated carbocycles. The summed E-state index contributed by atoms with van der Waals surface area (Å²) in [6.45, 7) is 5.71. The number of halogens is 1. The van der Waals surface area contributed by atoms with Crippen LogP contribution in [0.15, 0.2) is 48.5 Å². The number of benzene rings is 2. The normalized spacial score (nSPS) is 22.3. The Morgan fingerprint density at radius 2 is 2.00 bits per heavy atom. The third-order valence-corrected chi connectivity index (χ3v) is 5.88. The van der Waals surface area contributed by atoms with Gasteiger partial charge in [0.15, 0.2) is 0 Å². The Labute approximate surface area is 182 Å². The summed E-state index contributed by atoms with van der Waals surface area (Å²) in [6.07, 6.45) is 2.32. The van der Waals surface area contributed by atoms with E-state index in [2.05, 4.69) is 34.2 Å². The lowest BCUT2D eigenvalue weighted by Crippen LogP contribution is -2.54. The quantitative estimate of drug-likeness (QED) is 0.655. The Hall–Kier alpha value is -2.25. The number of rotatable bonds is 6. The third kappa shape index (κ3) is 5.08. The number of anilines is 2. The molecule has 1 unspecified atom stereocenters. The van der Waals surface area contributed by atoms with Crippen LogP contribution < -0.4 is 15.0 Å². The standard InChI is InChI=1S/C23H28ClN3O3/c1-16-13-27(19-5-3-18(24)4-6-19)11-10-26(16)14-20(28)15-30-21-7-8-22-17(12-21)2-9-23(29)25-22/h2-9,12,16,20,23,25,28-29H,10-11,13-15H2,1H3/t16-,20+,23?/m1/s1. The number of hydrogen-bond donors (Lipinski definition) is 3. The molecule has 30 heavy (non-hydrogen) atoms. The first-order valence-electron chi connectivity index (χ1n) is 10.3. The van der Waals surface area contributed by atoms with Crippen LogP contribution in [0, 0.1) is 0 Å². The smallest absolute Gasteiger partial charge is 0.144 e. The molecule has 6 nitrogen and oxygen atoms in total. The average Bonchev–Trinajstić information content (AvgIpc) is 2.74. The Morgan fingerprint density at radius 3 is 2.77 bits per heavy atom. The number of aliphatic hydroxyl groups excluding tert-OH is 2. The molecule has 2 aliphatic rings. The molecule has 0 spiro atoms. The highest BCUT2D eigenvalue weighted by Crippen LogP contribution is 2.27. The largest absolute Gasteiger partial charge is 0.491 e. The van der Waals surface area contributed by atoms with Gasteiger partial charge in [-0.1, -0.05) is 17.7 Å². The zero-order valence-electron chi connectivity index (χ0n) is 17.0.